The Hall–Kier alpha value is -1.64. The number of aromatic carboxylic acids is 1. The van der Waals surface area contributed by atoms with Crippen LogP contribution in [0.15, 0.2) is 23.1 Å². The van der Waals surface area contributed by atoms with Crippen LogP contribution in [0.4, 0.5) is 0 Å². The summed E-state index contributed by atoms with van der Waals surface area (Å²) in [6.07, 6.45) is 0.251. The number of aliphatic hydroxyl groups is 1. The number of carbonyl (C=O) groups is 1. The summed E-state index contributed by atoms with van der Waals surface area (Å²) in [4.78, 5) is 10.7. The lowest BCUT2D eigenvalue weighted by atomic mass is 10.0. The van der Waals surface area contributed by atoms with Crippen LogP contribution in [-0.2, 0) is 10.0 Å². The van der Waals surface area contributed by atoms with Gasteiger partial charge in [0.05, 0.1) is 4.90 Å². The fourth-order valence-electron chi connectivity index (χ4n) is 1.79. The van der Waals surface area contributed by atoms with Gasteiger partial charge in [0.25, 0.3) is 0 Å². The van der Waals surface area contributed by atoms with Crippen LogP contribution in [0.3, 0.4) is 0 Å². The van der Waals surface area contributed by atoms with Crippen molar-refractivity contribution in [2.75, 3.05) is 6.61 Å². The molecule has 0 amide bonds. The zero-order valence-electron chi connectivity index (χ0n) is 11.8. The quantitative estimate of drug-likeness (QED) is 0.589. The van der Waals surface area contributed by atoms with Gasteiger partial charge in [-0.05, 0) is 30.5 Å². The fraction of sp³-hybridized carbons (Fsp3) is 0.462. The van der Waals surface area contributed by atoms with Crippen molar-refractivity contribution in [1.82, 2.24) is 4.72 Å². The van der Waals surface area contributed by atoms with Gasteiger partial charge in [0, 0.05) is 12.6 Å². The molecule has 1 atom stereocenters. The third-order valence-electron chi connectivity index (χ3n) is 3.06. The minimum absolute atomic E-state index is 0.0389. The summed E-state index contributed by atoms with van der Waals surface area (Å²) in [5, 5.41) is 27.3. The van der Waals surface area contributed by atoms with Crippen molar-refractivity contribution in [1.29, 1.82) is 0 Å². The molecule has 0 aliphatic carbocycles. The molecule has 1 rings (SSSR count). The molecule has 0 aromatic heterocycles. The van der Waals surface area contributed by atoms with Crippen LogP contribution >= 0.6 is 0 Å². The molecule has 0 heterocycles. The Morgan fingerprint density at radius 1 is 1.33 bits per heavy atom. The normalized spacial score (nSPS) is 13.3. The van der Waals surface area contributed by atoms with E-state index in [1.165, 1.54) is 0 Å². The second kappa shape index (κ2) is 6.88. The van der Waals surface area contributed by atoms with Gasteiger partial charge in [-0.3, -0.25) is 0 Å². The molecule has 0 saturated carbocycles. The van der Waals surface area contributed by atoms with Crippen molar-refractivity contribution < 1.29 is 28.5 Å². The number of aliphatic hydroxyl groups excluding tert-OH is 1. The highest BCUT2D eigenvalue weighted by Crippen LogP contribution is 2.22. The monoisotopic (exact) mass is 317 g/mol. The van der Waals surface area contributed by atoms with Gasteiger partial charge in [0.2, 0.25) is 10.0 Å². The molecular weight excluding hydrogens is 298 g/mol. The Morgan fingerprint density at radius 2 is 1.95 bits per heavy atom. The standard InChI is InChI=1S/C13H19NO6S/c1-8(2)11(5-6-15)14-21(19,20)9-3-4-12(16)10(7-9)13(17)18/h3-4,7-8,11,14-16H,5-6H2,1-2H3,(H,17,18). The van der Waals surface area contributed by atoms with Crippen LogP contribution in [0.2, 0.25) is 0 Å². The predicted molar refractivity (Wildman–Crippen MR) is 75.7 cm³/mol. The second-order valence-electron chi connectivity index (χ2n) is 4.97. The van der Waals surface area contributed by atoms with E-state index in [-0.39, 0.29) is 23.8 Å². The number of carboxylic acid groups (broad SMARTS) is 1. The number of rotatable bonds is 7. The molecule has 0 aliphatic rings. The summed E-state index contributed by atoms with van der Waals surface area (Å²) in [5.74, 6) is -1.96. The van der Waals surface area contributed by atoms with Crippen LogP contribution in [-0.4, -0.2) is 42.4 Å². The van der Waals surface area contributed by atoms with Gasteiger partial charge in [-0.15, -0.1) is 0 Å². The second-order valence-corrected chi connectivity index (χ2v) is 6.68. The molecule has 7 nitrogen and oxygen atoms in total. The van der Waals surface area contributed by atoms with Crippen LogP contribution < -0.4 is 4.72 Å². The summed E-state index contributed by atoms with van der Waals surface area (Å²) in [6, 6.07) is 2.58. The number of phenols is 1. The third-order valence-corrected chi connectivity index (χ3v) is 4.55. The lowest BCUT2D eigenvalue weighted by Gasteiger charge is -2.21. The lowest BCUT2D eigenvalue weighted by molar-refractivity contribution is 0.0693. The summed E-state index contributed by atoms with van der Waals surface area (Å²) in [5.41, 5.74) is -0.485. The first kappa shape index (κ1) is 17.4. The molecular formula is C13H19NO6S. The first-order valence-corrected chi connectivity index (χ1v) is 7.87. The molecule has 8 heteroatoms. The Labute approximate surface area is 123 Å². The molecule has 0 bridgehead atoms. The van der Waals surface area contributed by atoms with Crippen molar-refractivity contribution in [3.63, 3.8) is 0 Å². The number of benzene rings is 1. The Bertz CT molecular complexity index is 611. The Kier molecular flexibility index (Phi) is 5.70. The number of hydrogen-bond acceptors (Lipinski definition) is 5. The molecule has 0 saturated heterocycles. The first-order chi connectivity index (χ1) is 9.69. The highest BCUT2D eigenvalue weighted by Gasteiger charge is 2.24. The maximum Gasteiger partial charge on any atom is 0.339 e. The number of aromatic hydroxyl groups is 1. The van der Waals surface area contributed by atoms with E-state index in [1.807, 2.05) is 13.8 Å². The largest absolute Gasteiger partial charge is 0.507 e. The molecule has 0 aliphatic heterocycles. The summed E-state index contributed by atoms with van der Waals surface area (Å²) < 4.78 is 26.9. The summed E-state index contributed by atoms with van der Waals surface area (Å²) >= 11 is 0. The van der Waals surface area contributed by atoms with Gasteiger partial charge >= 0.3 is 5.97 Å². The fourth-order valence-corrected chi connectivity index (χ4v) is 3.23. The van der Waals surface area contributed by atoms with E-state index in [0.717, 1.165) is 18.2 Å². The highest BCUT2D eigenvalue weighted by atomic mass is 32.2. The number of carboxylic acids is 1. The Morgan fingerprint density at radius 3 is 2.43 bits per heavy atom. The van der Waals surface area contributed by atoms with Gasteiger partial charge in [-0.25, -0.2) is 17.9 Å². The van der Waals surface area contributed by atoms with Gasteiger partial charge in [0.15, 0.2) is 0 Å². The van der Waals surface area contributed by atoms with Gasteiger partial charge < -0.3 is 15.3 Å². The molecule has 118 valence electrons. The highest BCUT2D eigenvalue weighted by molar-refractivity contribution is 7.89. The van der Waals surface area contributed by atoms with Crippen LogP contribution in [0.1, 0.15) is 30.6 Å². The van der Waals surface area contributed by atoms with E-state index in [2.05, 4.69) is 4.72 Å². The van der Waals surface area contributed by atoms with Crippen molar-refractivity contribution in [2.45, 2.75) is 31.2 Å². The topological polar surface area (TPSA) is 124 Å². The zero-order valence-corrected chi connectivity index (χ0v) is 12.6. The Balaban J connectivity index is 3.13. The van der Waals surface area contributed by atoms with Gasteiger partial charge in [-0.2, -0.15) is 0 Å². The van der Waals surface area contributed by atoms with Crippen LogP contribution in [0.25, 0.3) is 0 Å². The van der Waals surface area contributed by atoms with Crippen molar-refractivity contribution >= 4 is 16.0 Å². The molecule has 4 N–H and O–H groups in total. The van der Waals surface area contributed by atoms with Gasteiger partial charge in [-0.1, -0.05) is 13.8 Å². The van der Waals surface area contributed by atoms with Crippen LogP contribution in [0.5, 0.6) is 5.75 Å². The third kappa shape index (κ3) is 4.42. The molecule has 0 spiro atoms. The lowest BCUT2D eigenvalue weighted by Crippen LogP contribution is -2.39. The van der Waals surface area contributed by atoms with Crippen molar-refractivity contribution in [3.05, 3.63) is 23.8 Å². The number of hydrogen-bond donors (Lipinski definition) is 4. The minimum Gasteiger partial charge on any atom is -0.507 e. The molecule has 1 aromatic rings. The average molecular weight is 317 g/mol. The summed E-state index contributed by atoms with van der Waals surface area (Å²) in [6.45, 7) is 3.45. The smallest absolute Gasteiger partial charge is 0.339 e. The first-order valence-electron chi connectivity index (χ1n) is 6.38. The van der Waals surface area contributed by atoms with E-state index in [1.54, 1.807) is 0 Å². The minimum atomic E-state index is -3.94. The van der Waals surface area contributed by atoms with Gasteiger partial charge in [0.1, 0.15) is 11.3 Å². The predicted octanol–water partition coefficient (Wildman–Crippen LogP) is 0.776. The van der Waals surface area contributed by atoms with E-state index >= 15 is 0 Å². The average Bonchev–Trinajstić information content (AvgIpc) is 2.37. The van der Waals surface area contributed by atoms with E-state index in [9.17, 15) is 18.3 Å². The van der Waals surface area contributed by atoms with Crippen molar-refractivity contribution in [3.8, 4) is 5.75 Å². The molecule has 0 fully saturated rings. The maximum absolute atomic E-state index is 12.2. The van der Waals surface area contributed by atoms with E-state index in [0.29, 0.717) is 0 Å². The maximum atomic E-state index is 12.2. The molecule has 1 unspecified atom stereocenters. The van der Waals surface area contributed by atoms with E-state index < -0.39 is 33.3 Å². The molecule has 21 heavy (non-hydrogen) atoms. The van der Waals surface area contributed by atoms with E-state index in [4.69, 9.17) is 10.2 Å². The van der Waals surface area contributed by atoms with Crippen LogP contribution in [0, 0.1) is 5.92 Å². The number of sulfonamides is 1. The zero-order chi connectivity index (χ0) is 16.2. The molecule has 1 aromatic carbocycles. The molecule has 0 radical (unpaired) electrons. The summed E-state index contributed by atoms with van der Waals surface area (Å²) in [7, 11) is -3.94. The SMILES string of the molecule is CC(C)C(CCO)NS(=O)(=O)c1ccc(O)c(C(=O)O)c1. The van der Waals surface area contributed by atoms with Crippen molar-refractivity contribution in [2.24, 2.45) is 5.92 Å². The number of nitrogens with one attached hydrogen (secondary N) is 1.